The number of rotatable bonds is 9. The highest BCUT2D eigenvalue weighted by Crippen LogP contribution is 2.35. The van der Waals surface area contributed by atoms with E-state index in [0.29, 0.717) is 11.1 Å². The normalized spacial score (nSPS) is 20.0. The third-order valence-corrected chi connectivity index (χ3v) is 6.67. The fourth-order valence-electron chi connectivity index (χ4n) is 4.47. The van der Waals surface area contributed by atoms with E-state index in [2.05, 4.69) is 20.3 Å². The minimum absolute atomic E-state index is 0.00668. The highest BCUT2D eigenvalue weighted by molar-refractivity contribution is 5.91. The Morgan fingerprint density at radius 2 is 1.64 bits per heavy atom. The molecule has 218 valence electrons. The quantitative estimate of drug-likeness (QED) is 0.284. The van der Waals surface area contributed by atoms with Crippen molar-refractivity contribution >= 4 is 35.0 Å². The Labute approximate surface area is 239 Å². The van der Waals surface area contributed by atoms with Crippen LogP contribution in [0.5, 0.6) is 0 Å². The lowest BCUT2D eigenvalue weighted by Gasteiger charge is -2.23. The number of carbonyl (C=O) groups excluding carboxylic acids is 3. The van der Waals surface area contributed by atoms with Crippen molar-refractivity contribution in [3.05, 3.63) is 88.5 Å². The summed E-state index contributed by atoms with van der Waals surface area (Å²) in [5, 5.41) is 2.57. The minimum Gasteiger partial charge on any atom is -0.459 e. The standard InChI is InChI=1S/C29H29N5O8/c1-16(2)24(35)32-29-31-23-20(25(36)33-29)30-15-34(23)26-22(39-3)21(42-28(38)18-12-8-5-9-13-18)19(41-26)14-40-27(37)17-10-6-4-7-11-17/h4-13,15-16,19,21-22,26H,14H2,1-3H3,(H2,31,32,33,35,36)/t19-,21-,22-,26+/m1/s1. The van der Waals surface area contributed by atoms with Crippen molar-refractivity contribution < 1.29 is 33.3 Å². The molecule has 3 heterocycles. The van der Waals surface area contributed by atoms with E-state index in [0.717, 1.165) is 0 Å². The van der Waals surface area contributed by atoms with Gasteiger partial charge in [0.2, 0.25) is 11.9 Å². The number of nitrogens with one attached hydrogen (secondary N) is 2. The zero-order valence-electron chi connectivity index (χ0n) is 23.1. The van der Waals surface area contributed by atoms with Crippen LogP contribution in [0.25, 0.3) is 11.2 Å². The van der Waals surface area contributed by atoms with Crippen molar-refractivity contribution in [3.8, 4) is 0 Å². The number of anilines is 1. The predicted octanol–water partition coefficient (Wildman–Crippen LogP) is 2.71. The van der Waals surface area contributed by atoms with E-state index in [1.807, 2.05) is 0 Å². The van der Waals surface area contributed by atoms with Crippen molar-refractivity contribution in [2.24, 2.45) is 5.92 Å². The fourth-order valence-corrected chi connectivity index (χ4v) is 4.47. The minimum atomic E-state index is -1.03. The van der Waals surface area contributed by atoms with Gasteiger partial charge in [0.15, 0.2) is 23.5 Å². The topological polar surface area (TPSA) is 164 Å². The molecule has 0 radical (unpaired) electrons. The average molecular weight is 576 g/mol. The maximum atomic E-state index is 13.1. The molecule has 0 saturated carbocycles. The maximum Gasteiger partial charge on any atom is 0.338 e. The molecule has 0 unspecified atom stereocenters. The summed E-state index contributed by atoms with van der Waals surface area (Å²) in [4.78, 5) is 61.8. The van der Waals surface area contributed by atoms with E-state index in [-0.39, 0.29) is 35.5 Å². The molecular formula is C29H29N5O8. The van der Waals surface area contributed by atoms with Crippen molar-refractivity contribution in [2.45, 2.75) is 38.4 Å². The van der Waals surface area contributed by atoms with Crippen LogP contribution in [0, 0.1) is 5.92 Å². The Balaban J connectivity index is 1.47. The second-order valence-corrected chi connectivity index (χ2v) is 9.85. The Morgan fingerprint density at radius 1 is 1.00 bits per heavy atom. The number of aromatic nitrogens is 4. The lowest BCUT2D eigenvalue weighted by atomic mass is 10.1. The first kappa shape index (κ1) is 28.6. The molecule has 1 saturated heterocycles. The molecule has 13 nitrogen and oxygen atoms in total. The summed E-state index contributed by atoms with van der Waals surface area (Å²) in [6, 6.07) is 16.8. The third kappa shape index (κ3) is 5.92. The molecule has 4 aromatic rings. The lowest BCUT2D eigenvalue weighted by molar-refractivity contribution is -0.118. The van der Waals surface area contributed by atoms with Crippen molar-refractivity contribution in [1.29, 1.82) is 0 Å². The second-order valence-electron chi connectivity index (χ2n) is 9.85. The van der Waals surface area contributed by atoms with Gasteiger partial charge in [-0.1, -0.05) is 50.2 Å². The van der Waals surface area contributed by atoms with Gasteiger partial charge in [-0.2, -0.15) is 4.98 Å². The molecule has 2 N–H and O–H groups in total. The molecule has 0 aliphatic carbocycles. The number of hydrogen-bond donors (Lipinski definition) is 2. The molecule has 0 bridgehead atoms. The molecule has 1 amide bonds. The molecule has 2 aromatic heterocycles. The number of esters is 2. The van der Waals surface area contributed by atoms with Crippen molar-refractivity contribution in [2.75, 3.05) is 19.0 Å². The van der Waals surface area contributed by atoms with Crippen LogP contribution in [0.15, 0.2) is 71.8 Å². The SMILES string of the molecule is CO[C@@H]1[C@H](OC(=O)c2ccccc2)[C@@H](COC(=O)c2ccccc2)O[C@@H]1n1cnc2c(=O)[nH]c(NC(=O)C(C)C)nc21. The molecule has 1 fully saturated rings. The zero-order valence-corrected chi connectivity index (χ0v) is 23.1. The second kappa shape index (κ2) is 12.3. The predicted molar refractivity (Wildman–Crippen MR) is 149 cm³/mol. The Bertz CT molecular complexity index is 1640. The number of amides is 1. The number of H-pyrrole nitrogens is 1. The van der Waals surface area contributed by atoms with Gasteiger partial charge >= 0.3 is 11.9 Å². The van der Waals surface area contributed by atoms with Crippen LogP contribution >= 0.6 is 0 Å². The van der Waals surface area contributed by atoms with Crippen LogP contribution in [-0.2, 0) is 23.7 Å². The number of imidazole rings is 1. The molecule has 2 aromatic carbocycles. The van der Waals surface area contributed by atoms with Crippen LogP contribution in [0.1, 0.15) is 40.8 Å². The van der Waals surface area contributed by atoms with Crippen LogP contribution in [0.4, 0.5) is 5.95 Å². The summed E-state index contributed by atoms with van der Waals surface area (Å²) in [6.45, 7) is 3.13. The molecule has 13 heteroatoms. The number of ether oxygens (including phenoxy) is 4. The molecule has 1 aliphatic heterocycles. The van der Waals surface area contributed by atoms with Crippen LogP contribution < -0.4 is 10.9 Å². The first-order valence-electron chi connectivity index (χ1n) is 13.2. The largest absolute Gasteiger partial charge is 0.459 e. The molecule has 0 spiro atoms. The monoisotopic (exact) mass is 575 g/mol. The van der Waals surface area contributed by atoms with Gasteiger partial charge in [-0.15, -0.1) is 0 Å². The van der Waals surface area contributed by atoms with E-state index in [1.165, 1.54) is 18.0 Å². The molecule has 1 aliphatic rings. The Kier molecular flexibility index (Phi) is 8.41. The van der Waals surface area contributed by atoms with Gasteiger partial charge in [0, 0.05) is 13.0 Å². The summed E-state index contributed by atoms with van der Waals surface area (Å²) in [5.41, 5.74) is 0.161. The van der Waals surface area contributed by atoms with Crippen LogP contribution in [0.2, 0.25) is 0 Å². The number of aromatic amines is 1. The summed E-state index contributed by atoms with van der Waals surface area (Å²) >= 11 is 0. The summed E-state index contributed by atoms with van der Waals surface area (Å²) in [5.74, 6) is -1.98. The van der Waals surface area contributed by atoms with Crippen molar-refractivity contribution in [3.63, 3.8) is 0 Å². The van der Waals surface area contributed by atoms with Gasteiger partial charge < -0.3 is 18.9 Å². The number of carbonyl (C=O) groups is 3. The smallest absolute Gasteiger partial charge is 0.338 e. The van der Waals surface area contributed by atoms with E-state index in [9.17, 15) is 19.2 Å². The van der Waals surface area contributed by atoms with Gasteiger partial charge in [0.05, 0.1) is 17.5 Å². The summed E-state index contributed by atoms with van der Waals surface area (Å²) in [6.07, 6.45) is -2.58. The number of benzene rings is 2. The number of fused-ring (bicyclic) bond motifs is 1. The highest BCUT2D eigenvalue weighted by Gasteiger charge is 2.49. The third-order valence-electron chi connectivity index (χ3n) is 6.67. The van der Waals surface area contributed by atoms with E-state index >= 15 is 0 Å². The molecular weight excluding hydrogens is 546 g/mol. The van der Waals surface area contributed by atoms with E-state index in [1.54, 1.807) is 74.5 Å². The van der Waals surface area contributed by atoms with Gasteiger partial charge in [-0.05, 0) is 24.3 Å². The molecule has 42 heavy (non-hydrogen) atoms. The molecule has 5 rings (SSSR count). The van der Waals surface area contributed by atoms with Gasteiger partial charge in [-0.25, -0.2) is 14.6 Å². The Morgan fingerprint density at radius 3 is 2.26 bits per heavy atom. The fraction of sp³-hybridized carbons (Fsp3) is 0.310. The van der Waals surface area contributed by atoms with Crippen molar-refractivity contribution in [1.82, 2.24) is 19.5 Å². The maximum absolute atomic E-state index is 13.1. The number of methoxy groups -OCH3 is 1. The highest BCUT2D eigenvalue weighted by atomic mass is 16.6. The zero-order chi connectivity index (χ0) is 29.8. The average Bonchev–Trinajstić information content (AvgIpc) is 3.57. The summed E-state index contributed by atoms with van der Waals surface area (Å²) in [7, 11) is 1.41. The first-order chi connectivity index (χ1) is 20.3. The van der Waals surface area contributed by atoms with Gasteiger partial charge in [0.1, 0.15) is 18.8 Å². The first-order valence-corrected chi connectivity index (χ1v) is 13.2. The van der Waals surface area contributed by atoms with Crippen LogP contribution in [-0.4, -0.2) is 69.4 Å². The number of nitrogens with zero attached hydrogens (tertiary/aromatic N) is 3. The number of hydrogen-bond acceptors (Lipinski definition) is 10. The lowest BCUT2D eigenvalue weighted by Crippen LogP contribution is -2.39. The van der Waals surface area contributed by atoms with Crippen LogP contribution in [0.3, 0.4) is 0 Å². The van der Waals surface area contributed by atoms with E-state index < -0.39 is 42.0 Å². The summed E-state index contributed by atoms with van der Waals surface area (Å²) < 4.78 is 24.8. The van der Waals surface area contributed by atoms with Gasteiger partial charge in [0.25, 0.3) is 5.56 Å². The van der Waals surface area contributed by atoms with E-state index in [4.69, 9.17) is 18.9 Å². The molecule has 4 atom stereocenters. The Hall–Kier alpha value is -4.88. The van der Waals surface area contributed by atoms with Gasteiger partial charge in [-0.3, -0.25) is 24.5 Å².